The first-order valence-corrected chi connectivity index (χ1v) is 8.01. The van der Waals surface area contributed by atoms with E-state index in [1.165, 1.54) is 12.8 Å². The van der Waals surface area contributed by atoms with Gasteiger partial charge in [-0.3, -0.25) is 9.79 Å². The highest BCUT2D eigenvalue weighted by Gasteiger charge is 2.42. The summed E-state index contributed by atoms with van der Waals surface area (Å²) in [4.78, 5) is 18.7. The average molecular weight is 406 g/mol. The van der Waals surface area contributed by atoms with Crippen molar-refractivity contribution in [2.45, 2.75) is 39.0 Å². The number of aliphatic imine (C=N–C) groups is 1. The highest BCUT2D eigenvalue weighted by atomic mass is 127. The van der Waals surface area contributed by atoms with Gasteiger partial charge in [-0.2, -0.15) is 0 Å². The SMILES string of the molecule is CCNC(=NCC1CC1)N1CCCC2(CNC(=O)C2)C1.I. The van der Waals surface area contributed by atoms with E-state index in [2.05, 4.69) is 22.5 Å². The number of halogens is 1. The van der Waals surface area contributed by atoms with Crippen molar-refractivity contribution in [3.05, 3.63) is 0 Å². The smallest absolute Gasteiger partial charge is 0.220 e. The number of nitrogens with one attached hydrogen (secondary N) is 2. The Balaban J connectivity index is 0.00000161. The summed E-state index contributed by atoms with van der Waals surface area (Å²) >= 11 is 0. The molecular weight excluding hydrogens is 379 g/mol. The number of nitrogens with zero attached hydrogens (tertiary/aromatic N) is 2. The Morgan fingerprint density at radius 1 is 1.52 bits per heavy atom. The number of carbonyl (C=O) groups is 1. The molecule has 5 nitrogen and oxygen atoms in total. The molecule has 1 spiro atoms. The molecular formula is C15H27IN4O. The second-order valence-corrected chi connectivity index (χ2v) is 6.62. The Labute approximate surface area is 144 Å². The molecule has 1 unspecified atom stereocenters. The van der Waals surface area contributed by atoms with Crippen LogP contribution in [-0.2, 0) is 4.79 Å². The maximum atomic E-state index is 11.6. The number of carbonyl (C=O) groups excluding carboxylic acids is 1. The van der Waals surface area contributed by atoms with Crippen molar-refractivity contribution in [1.82, 2.24) is 15.5 Å². The molecule has 1 atom stereocenters. The Morgan fingerprint density at radius 2 is 2.33 bits per heavy atom. The van der Waals surface area contributed by atoms with Gasteiger partial charge in [0.25, 0.3) is 0 Å². The Bertz CT molecular complexity index is 410. The molecule has 2 N–H and O–H groups in total. The zero-order valence-corrected chi connectivity index (χ0v) is 15.2. The summed E-state index contributed by atoms with van der Waals surface area (Å²) < 4.78 is 0. The molecule has 2 heterocycles. The number of rotatable bonds is 3. The third-order valence-electron chi connectivity index (χ3n) is 4.69. The minimum absolute atomic E-state index is 0. The molecule has 3 rings (SSSR count). The van der Waals surface area contributed by atoms with Crippen LogP contribution in [0.2, 0.25) is 0 Å². The van der Waals surface area contributed by atoms with Crippen molar-refractivity contribution in [2.75, 3.05) is 32.7 Å². The van der Waals surface area contributed by atoms with Crippen LogP contribution in [0.25, 0.3) is 0 Å². The van der Waals surface area contributed by atoms with Crippen molar-refractivity contribution in [2.24, 2.45) is 16.3 Å². The fourth-order valence-corrected chi connectivity index (χ4v) is 3.37. The molecule has 1 aliphatic carbocycles. The van der Waals surface area contributed by atoms with Crippen LogP contribution in [0, 0.1) is 11.3 Å². The summed E-state index contributed by atoms with van der Waals surface area (Å²) in [7, 11) is 0. The summed E-state index contributed by atoms with van der Waals surface area (Å²) in [5.41, 5.74) is 0.144. The molecule has 6 heteroatoms. The lowest BCUT2D eigenvalue weighted by atomic mass is 9.79. The topological polar surface area (TPSA) is 56.7 Å². The highest BCUT2D eigenvalue weighted by molar-refractivity contribution is 14.0. The molecule has 3 fully saturated rings. The Kier molecular flexibility index (Phi) is 5.73. The lowest BCUT2D eigenvalue weighted by molar-refractivity contribution is -0.119. The molecule has 21 heavy (non-hydrogen) atoms. The average Bonchev–Trinajstić information content (AvgIpc) is 3.20. The van der Waals surface area contributed by atoms with Crippen LogP contribution in [-0.4, -0.2) is 49.5 Å². The van der Waals surface area contributed by atoms with E-state index in [1.54, 1.807) is 0 Å². The van der Waals surface area contributed by atoms with Gasteiger partial charge in [-0.25, -0.2) is 0 Å². The van der Waals surface area contributed by atoms with Gasteiger partial charge >= 0.3 is 0 Å². The predicted molar refractivity (Wildman–Crippen MR) is 95.0 cm³/mol. The van der Waals surface area contributed by atoms with Crippen LogP contribution in [0.1, 0.15) is 39.0 Å². The Hall–Kier alpha value is -0.530. The number of guanidine groups is 1. The molecule has 0 aromatic carbocycles. The van der Waals surface area contributed by atoms with Crippen LogP contribution < -0.4 is 10.6 Å². The van der Waals surface area contributed by atoms with Crippen molar-refractivity contribution in [3.63, 3.8) is 0 Å². The standard InChI is InChI=1S/C15H26N4O.HI/c1-2-16-14(17-9-12-4-5-12)19-7-3-6-15(11-19)8-13(20)18-10-15;/h12H,2-11H2,1H3,(H,16,17)(H,18,20);1H. The summed E-state index contributed by atoms with van der Waals surface area (Å²) in [6.07, 6.45) is 5.68. The first kappa shape index (κ1) is 16.8. The van der Waals surface area contributed by atoms with E-state index in [0.717, 1.165) is 57.4 Å². The summed E-state index contributed by atoms with van der Waals surface area (Å²) in [6.45, 7) is 6.85. The third kappa shape index (κ3) is 4.23. The predicted octanol–water partition coefficient (Wildman–Crippen LogP) is 1.58. The van der Waals surface area contributed by atoms with Gasteiger partial charge in [0.15, 0.2) is 5.96 Å². The fourth-order valence-electron chi connectivity index (χ4n) is 3.37. The molecule has 3 aliphatic rings. The van der Waals surface area contributed by atoms with Crippen molar-refractivity contribution >= 4 is 35.8 Å². The normalized spacial score (nSPS) is 29.3. The van der Waals surface area contributed by atoms with Gasteiger partial charge in [-0.15, -0.1) is 24.0 Å². The Morgan fingerprint density at radius 3 is 2.95 bits per heavy atom. The number of hydrogen-bond acceptors (Lipinski definition) is 2. The summed E-state index contributed by atoms with van der Waals surface area (Å²) in [5, 5.41) is 6.43. The van der Waals surface area contributed by atoms with Gasteiger partial charge in [-0.05, 0) is 38.5 Å². The summed E-state index contributed by atoms with van der Waals surface area (Å²) in [6, 6.07) is 0. The zero-order chi connectivity index (χ0) is 14.0. The first-order chi connectivity index (χ1) is 9.71. The van der Waals surface area contributed by atoms with E-state index in [0.29, 0.717) is 6.42 Å². The van der Waals surface area contributed by atoms with Gasteiger partial charge < -0.3 is 15.5 Å². The van der Waals surface area contributed by atoms with Crippen LogP contribution in [0.3, 0.4) is 0 Å². The third-order valence-corrected chi connectivity index (χ3v) is 4.69. The maximum Gasteiger partial charge on any atom is 0.220 e. The summed E-state index contributed by atoms with van der Waals surface area (Å²) in [5.74, 6) is 2.08. The van der Waals surface area contributed by atoms with Gasteiger partial charge in [0.05, 0.1) is 0 Å². The van der Waals surface area contributed by atoms with Crippen molar-refractivity contribution < 1.29 is 4.79 Å². The molecule has 0 aromatic heterocycles. The second-order valence-electron chi connectivity index (χ2n) is 6.62. The fraction of sp³-hybridized carbons (Fsp3) is 0.867. The first-order valence-electron chi connectivity index (χ1n) is 8.01. The number of hydrogen-bond donors (Lipinski definition) is 2. The number of amides is 1. The van der Waals surface area contributed by atoms with Crippen molar-refractivity contribution in [1.29, 1.82) is 0 Å². The minimum atomic E-state index is 0. The van der Waals surface area contributed by atoms with E-state index in [4.69, 9.17) is 4.99 Å². The van der Waals surface area contributed by atoms with E-state index < -0.39 is 0 Å². The molecule has 0 aromatic rings. The van der Waals surface area contributed by atoms with Gasteiger partial charge in [0, 0.05) is 44.6 Å². The molecule has 1 saturated carbocycles. The van der Waals surface area contributed by atoms with Gasteiger partial charge in [0.2, 0.25) is 5.91 Å². The monoisotopic (exact) mass is 406 g/mol. The van der Waals surface area contributed by atoms with Crippen LogP contribution in [0.5, 0.6) is 0 Å². The lowest BCUT2D eigenvalue weighted by Crippen LogP contribution is -2.51. The quantitative estimate of drug-likeness (QED) is 0.425. The largest absolute Gasteiger partial charge is 0.357 e. The maximum absolute atomic E-state index is 11.6. The van der Waals surface area contributed by atoms with Gasteiger partial charge in [0.1, 0.15) is 0 Å². The van der Waals surface area contributed by atoms with E-state index in [9.17, 15) is 4.79 Å². The zero-order valence-electron chi connectivity index (χ0n) is 12.9. The molecule has 1 amide bonds. The second kappa shape index (κ2) is 7.15. The van der Waals surface area contributed by atoms with Crippen LogP contribution in [0.4, 0.5) is 0 Å². The van der Waals surface area contributed by atoms with E-state index >= 15 is 0 Å². The van der Waals surface area contributed by atoms with Crippen LogP contribution in [0.15, 0.2) is 4.99 Å². The van der Waals surface area contributed by atoms with Crippen LogP contribution >= 0.6 is 24.0 Å². The minimum Gasteiger partial charge on any atom is -0.357 e. The molecule has 120 valence electrons. The lowest BCUT2D eigenvalue weighted by Gasteiger charge is -2.40. The molecule has 2 aliphatic heterocycles. The van der Waals surface area contributed by atoms with Crippen molar-refractivity contribution in [3.8, 4) is 0 Å². The number of likely N-dealkylation sites (tertiary alicyclic amines) is 1. The van der Waals surface area contributed by atoms with Gasteiger partial charge in [-0.1, -0.05) is 0 Å². The molecule has 0 radical (unpaired) electrons. The molecule has 0 bridgehead atoms. The van der Waals surface area contributed by atoms with E-state index in [-0.39, 0.29) is 35.3 Å². The van der Waals surface area contributed by atoms with E-state index in [1.807, 2.05) is 0 Å². The highest BCUT2D eigenvalue weighted by Crippen LogP contribution is 2.36. The number of piperidine rings is 1. The molecule has 2 saturated heterocycles.